The van der Waals surface area contributed by atoms with Gasteiger partial charge < -0.3 is 14.9 Å². The van der Waals surface area contributed by atoms with Crippen LogP contribution in [0.15, 0.2) is 28.8 Å². The molecule has 0 amide bonds. The van der Waals surface area contributed by atoms with E-state index in [0.29, 0.717) is 5.69 Å². The molecule has 0 saturated heterocycles. The molecule has 8 heteroatoms. The number of phenols is 1. The summed E-state index contributed by atoms with van der Waals surface area (Å²) in [4.78, 5) is 3.20. The standard InChI is InChI=1S/C10H8F3N3O2/c11-10(12,13)9-15-8(18-16-9)5-14-6-1-3-7(17)4-2-6/h1-4,14,17H,5H2. The van der Waals surface area contributed by atoms with Crippen LogP contribution in [0.5, 0.6) is 5.75 Å². The Morgan fingerprint density at radius 1 is 1.22 bits per heavy atom. The Labute approximate surface area is 99.2 Å². The van der Waals surface area contributed by atoms with Gasteiger partial charge in [-0.2, -0.15) is 18.2 Å². The van der Waals surface area contributed by atoms with Gasteiger partial charge in [-0.15, -0.1) is 0 Å². The maximum Gasteiger partial charge on any atom is 0.455 e. The fourth-order valence-electron chi connectivity index (χ4n) is 1.20. The Morgan fingerprint density at radius 3 is 2.44 bits per heavy atom. The molecule has 96 valence electrons. The lowest BCUT2D eigenvalue weighted by Crippen LogP contribution is -2.08. The molecular formula is C10H8F3N3O2. The van der Waals surface area contributed by atoms with E-state index in [1.165, 1.54) is 12.1 Å². The highest BCUT2D eigenvalue weighted by Gasteiger charge is 2.37. The zero-order valence-electron chi connectivity index (χ0n) is 8.90. The van der Waals surface area contributed by atoms with Gasteiger partial charge in [-0.3, -0.25) is 0 Å². The van der Waals surface area contributed by atoms with Crippen LogP contribution in [-0.2, 0) is 12.7 Å². The molecule has 5 nitrogen and oxygen atoms in total. The number of anilines is 1. The molecule has 0 atom stereocenters. The molecule has 1 aromatic heterocycles. The van der Waals surface area contributed by atoms with Crippen molar-refractivity contribution in [2.45, 2.75) is 12.7 Å². The molecule has 0 spiro atoms. The van der Waals surface area contributed by atoms with E-state index in [9.17, 15) is 13.2 Å². The van der Waals surface area contributed by atoms with Crippen LogP contribution in [0, 0.1) is 0 Å². The molecule has 0 unspecified atom stereocenters. The summed E-state index contributed by atoms with van der Waals surface area (Å²) in [5.74, 6) is -1.38. The van der Waals surface area contributed by atoms with Gasteiger partial charge in [0, 0.05) is 5.69 Å². The average Bonchev–Trinajstić information content (AvgIpc) is 2.77. The van der Waals surface area contributed by atoms with E-state index in [1.54, 1.807) is 12.1 Å². The van der Waals surface area contributed by atoms with Crippen molar-refractivity contribution in [2.24, 2.45) is 0 Å². The Hall–Kier alpha value is -2.25. The summed E-state index contributed by atoms with van der Waals surface area (Å²) in [6, 6.07) is 6.02. The molecule has 0 saturated carbocycles. The lowest BCUT2D eigenvalue weighted by atomic mass is 10.3. The summed E-state index contributed by atoms with van der Waals surface area (Å²) < 4.78 is 41.0. The summed E-state index contributed by atoms with van der Waals surface area (Å²) in [5, 5.41) is 14.6. The van der Waals surface area contributed by atoms with Crippen LogP contribution in [0.4, 0.5) is 18.9 Å². The molecule has 18 heavy (non-hydrogen) atoms. The minimum absolute atomic E-state index is 0.0339. The van der Waals surface area contributed by atoms with Crippen LogP contribution in [0.2, 0.25) is 0 Å². The van der Waals surface area contributed by atoms with Crippen molar-refractivity contribution < 1.29 is 22.8 Å². The molecule has 0 bridgehead atoms. The molecule has 0 aliphatic rings. The van der Waals surface area contributed by atoms with Crippen LogP contribution >= 0.6 is 0 Å². The second kappa shape index (κ2) is 4.55. The summed E-state index contributed by atoms with van der Waals surface area (Å²) in [6.45, 7) is -0.0339. The normalized spacial score (nSPS) is 11.5. The molecule has 2 rings (SSSR count). The second-order valence-corrected chi connectivity index (χ2v) is 3.41. The van der Waals surface area contributed by atoms with Crippen molar-refractivity contribution in [1.82, 2.24) is 10.1 Å². The highest BCUT2D eigenvalue weighted by molar-refractivity contribution is 5.45. The predicted molar refractivity (Wildman–Crippen MR) is 54.7 cm³/mol. The molecule has 1 aromatic carbocycles. The van der Waals surface area contributed by atoms with Gasteiger partial charge in [-0.05, 0) is 24.3 Å². The predicted octanol–water partition coefficient (Wildman–Crippen LogP) is 2.41. The Morgan fingerprint density at radius 2 is 1.89 bits per heavy atom. The van der Waals surface area contributed by atoms with Crippen LogP contribution in [0.3, 0.4) is 0 Å². The van der Waals surface area contributed by atoms with E-state index in [0.717, 1.165) is 0 Å². The zero-order chi connectivity index (χ0) is 13.2. The van der Waals surface area contributed by atoms with Crippen molar-refractivity contribution in [3.05, 3.63) is 36.0 Å². The first-order chi connectivity index (χ1) is 8.45. The van der Waals surface area contributed by atoms with E-state index in [2.05, 4.69) is 20.0 Å². The van der Waals surface area contributed by atoms with Gasteiger partial charge in [-0.1, -0.05) is 5.16 Å². The van der Waals surface area contributed by atoms with Gasteiger partial charge in [-0.25, -0.2) is 0 Å². The summed E-state index contributed by atoms with van der Waals surface area (Å²) in [6.07, 6.45) is -4.61. The fourth-order valence-corrected chi connectivity index (χ4v) is 1.20. The maximum absolute atomic E-state index is 12.2. The molecule has 0 radical (unpaired) electrons. The van der Waals surface area contributed by atoms with Crippen LogP contribution < -0.4 is 5.32 Å². The topological polar surface area (TPSA) is 71.2 Å². The smallest absolute Gasteiger partial charge is 0.455 e. The van der Waals surface area contributed by atoms with E-state index >= 15 is 0 Å². The zero-order valence-corrected chi connectivity index (χ0v) is 8.90. The lowest BCUT2D eigenvalue weighted by Gasteiger charge is -2.02. The molecule has 1 heterocycles. The largest absolute Gasteiger partial charge is 0.508 e. The molecule has 2 N–H and O–H groups in total. The minimum atomic E-state index is -4.61. The van der Waals surface area contributed by atoms with Crippen molar-refractivity contribution in [1.29, 1.82) is 0 Å². The number of hydrogen-bond acceptors (Lipinski definition) is 5. The second-order valence-electron chi connectivity index (χ2n) is 3.41. The highest BCUT2D eigenvalue weighted by Crippen LogP contribution is 2.26. The van der Waals surface area contributed by atoms with E-state index in [1.807, 2.05) is 0 Å². The van der Waals surface area contributed by atoms with Crippen molar-refractivity contribution in [3.8, 4) is 5.75 Å². The first-order valence-corrected chi connectivity index (χ1v) is 4.88. The third-order valence-electron chi connectivity index (χ3n) is 2.03. The van der Waals surface area contributed by atoms with E-state index < -0.39 is 12.0 Å². The van der Waals surface area contributed by atoms with Gasteiger partial charge in [0.2, 0.25) is 5.89 Å². The molecule has 2 aromatic rings. The maximum atomic E-state index is 12.2. The molecular weight excluding hydrogens is 251 g/mol. The Kier molecular flexibility index (Phi) is 3.09. The third kappa shape index (κ3) is 2.90. The number of aromatic hydroxyl groups is 1. The minimum Gasteiger partial charge on any atom is -0.508 e. The number of phenolic OH excluding ortho intramolecular Hbond substituents is 1. The number of benzene rings is 1. The number of nitrogens with zero attached hydrogens (tertiary/aromatic N) is 2. The molecule has 0 aliphatic carbocycles. The van der Waals surface area contributed by atoms with Crippen LogP contribution in [0.1, 0.15) is 11.7 Å². The van der Waals surface area contributed by atoms with Gasteiger partial charge in [0.1, 0.15) is 5.75 Å². The van der Waals surface area contributed by atoms with Gasteiger partial charge in [0.25, 0.3) is 5.82 Å². The number of aromatic nitrogens is 2. The summed E-state index contributed by atoms with van der Waals surface area (Å²) in [5.41, 5.74) is 0.611. The number of nitrogens with one attached hydrogen (secondary N) is 1. The molecule has 0 fully saturated rings. The monoisotopic (exact) mass is 259 g/mol. The number of hydrogen-bond donors (Lipinski definition) is 2. The van der Waals surface area contributed by atoms with Gasteiger partial charge >= 0.3 is 6.18 Å². The van der Waals surface area contributed by atoms with Gasteiger partial charge in [0.05, 0.1) is 6.54 Å². The highest BCUT2D eigenvalue weighted by atomic mass is 19.4. The van der Waals surface area contributed by atoms with Crippen molar-refractivity contribution >= 4 is 5.69 Å². The summed E-state index contributed by atoms with van der Waals surface area (Å²) >= 11 is 0. The van der Waals surface area contributed by atoms with Crippen molar-refractivity contribution in [3.63, 3.8) is 0 Å². The average molecular weight is 259 g/mol. The first kappa shape index (κ1) is 12.2. The van der Waals surface area contributed by atoms with Crippen molar-refractivity contribution in [2.75, 3.05) is 5.32 Å². The van der Waals surface area contributed by atoms with E-state index in [-0.39, 0.29) is 18.2 Å². The third-order valence-corrected chi connectivity index (χ3v) is 2.03. The lowest BCUT2D eigenvalue weighted by molar-refractivity contribution is -0.146. The van der Waals surface area contributed by atoms with E-state index in [4.69, 9.17) is 5.11 Å². The first-order valence-electron chi connectivity index (χ1n) is 4.88. The van der Waals surface area contributed by atoms with Gasteiger partial charge in [0.15, 0.2) is 0 Å². The SMILES string of the molecule is Oc1ccc(NCc2nc(C(F)(F)F)no2)cc1. The number of alkyl halides is 3. The fraction of sp³-hybridized carbons (Fsp3) is 0.200. The van der Waals surface area contributed by atoms with Crippen LogP contribution in [0.25, 0.3) is 0 Å². The molecule has 0 aliphatic heterocycles. The van der Waals surface area contributed by atoms with Crippen LogP contribution in [-0.4, -0.2) is 15.2 Å². The Bertz CT molecular complexity index is 522. The number of halogens is 3. The quantitative estimate of drug-likeness (QED) is 0.828. The number of rotatable bonds is 3. The Balaban J connectivity index is 1.98. The summed E-state index contributed by atoms with van der Waals surface area (Å²) in [7, 11) is 0.